The summed E-state index contributed by atoms with van der Waals surface area (Å²) < 4.78 is 9.85. The minimum absolute atomic E-state index is 0.754. The second kappa shape index (κ2) is 8.46. The highest BCUT2D eigenvalue weighted by molar-refractivity contribution is 5.90. The highest BCUT2D eigenvalue weighted by Crippen LogP contribution is 2.36. The average Bonchev–Trinajstić information content (AvgIpc) is 3.21. The van der Waals surface area contributed by atoms with Crippen molar-refractivity contribution in [3.05, 3.63) is 52.0 Å². The monoisotopic (exact) mass is 418 g/mol. The molecule has 0 aliphatic heterocycles. The minimum atomic E-state index is 0.754. The van der Waals surface area contributed by atoms with Crippen molar-refractivity contribution < 1.29 is 4.74 Å². The maximum absolute atomic E-state index is 5.33. The molecule has 31 heavy (non-hydrogen) atoms. The van der Waals surface area contributed by atoms with E-state index in [2.05, 4.69) is 68.8 Å². The largest absolute Gasteiger partial charge is 0.385 e. The Kier molecular flexibility index (Phi) is 5.89. The van der Waals surface area contributed by atoms with Crippen LogP contribution >= 0.6 is 0 Å². The molecule has 0 radical (unpaired) electrons. The molecule has 3 aromatic heterocycles. The summed E-state index contributed by atoms with van der Waals surface area (Å²) in [6.07, 6.45) is 3.14. The normalized spacial score (nSPS) is 11.8. The lowest BCUT2D eigenvalue weighted by Crippen LogP contribution is -2.09. The first-order chi connectivity index (χ1) is 14.9. The van der Waals surface area contributed by atoms with Gasteiger partial charge < -0.3 is 9.30 Å². The Hall–Kier alpha value is -2.66. The van der Waals surface area contributed by atoms with Gasteiger partial charge >= 0.3 is 0 Å². The highest BCUT2D eigenvalue weighted by Gasteiger charge is 2.22. The SMILES string of the molecule is CCCc1cc2c(C)nc3c(-c4c(C)cc(C)cc4C)c(C)nn3c2n1CCCOC. The molecule has 0 amide bonds. The zero-order chi connectivity index (χ0) is 22.3. The van der Waals surface area contributed by atoms with Gasteiger partial charge in [-0.15, -0.1) is 0 Å². The lowest BCUT2D eigenvalue weighted by atomic mass is 9.94. The minimum Gasteiger partial charge on any atom is -0.385 e. The molecule has 3 heterocycles. The zero-order valence-corrected chi connectivity index (χ0v) is 20.0. The Morgan fingerprint density at radius 3 is 2.29 bits per heavy atom. The molecule has 164 valence electrons. The number of aryl methyl sites for hydroxylation is 7. The molecule has 4 rings (SSSR count). The summed E-state index contributed by atoms with van der Waals surface area (Å²) in [5, 5.41) is 6.22. The van der Waals surface area contributed by atoms with Crippen molar-refractivity contribution in [2.45, 2.75) is 67.3 Å². The van der Waals surface area contributed by atoms with Gasteiger partial charge in [-0.2, -0.15) is 9.61 Å². The maximum Gasteiger partial charge on any atom is 0.165 e. The first kappa shape index (κ1) is 21.6. The van der Waals surface area contributed by atoms with E-state index in [1.54, 1.807) is 7.11 Å². The van der Waals surface area contributed by atoms with Gasteiger partial charge in [0.15, 0.2) is 5.65 Å². The number of ether oxygens (including phenoxy) is 1. The molecule has 0 aliphatic carbocycles. The standard InChI is InChI=1S/C26H34N4O/c1-8-10-21-15-22-19(5)27-25-24(23-17(3)13-16(2)14-18(23)4)20(6)28-30(25)26(22)29(21)11-9-12-31-7/h13-15H,8-12H2,1-7H3. The molecule has 0 N–H and O–H groups in total. The van der Waals surface area contributed by atoms with E-state index in [0.717, 1.165) is 60.7 Å². The Balaban J connectivity index is 2.04. The lowest BCUT2D eigenvalue weighted by Gasteiger charge is -2.13. The van der Waals surface area contributed by atoms with Crippen molar-refractivity contribution in [2.75, 3.05) is 13.7 Å². The molecule has 5 nitrogen and oxygen atoms in total. The van der Waals surface area contributed by atoms with Gasteiger partial charge in [0.1, 0.15) is 5.65 Å². The molecule has 0 saturated heterocycles. The predicted molar refractivity (Wildman–Crippen MR) is 128 cm³/mol. The van der Waals surface area contributed by atoms with Crippen molar-refractivity contribution in [1.29, 1.82) is 0 Å². The number of rotatable bonds is 7. The van der Waals surface area contributed by atoms with Crippen molar-refractivity contribution in [3.8, 4) is 11.1 Å². The van der Waals surface area contributed by atoms with Crippen LogP contribution in [0.15, 0.2) is 18.2 Å². The van der Waals surface area contributed by atoms with Crippen LogP contribution in [0.2, 0.25) is 0 Å². The van der Waals surface area contributed by atoms with Crippen LogP contribution in [0.4, 0.5) is 0 Å². The highest BCUT2D eigenvalue weighted by atomic mass is 16.5. The third-order valence-electron chi connectivity index (χ3n) is 6.22. The smallest absolute Gasteiger partial charge is 0.165 e. The lowest BCUT2D eigenvalue weighted by molar-refractivity contribution is 0.190. The van der Waals surface area contributed by atoms with E-state index in [1.807, 2.05) is 0 Å². The number of fused-ring (bicyclic) bond motifs is 3. The molecule has 0 bridgehead atoms. The van der Waals surface area contributed by atoms with Crippen molar-refractivity contribution in [3.63, 3.8) is 0 Å². The Morgan fingerprint density at radius 1 is 0.935 bits per heavy atom. The van der Waals surface area contributed by atoms with Crippen LogP contribution in [-0.2, 0) is 17.7 Å². The quantitative estimate of drug-likeness (QED) is 0.352. The van der Waals surface area contributed by atoms with Gasteiger partial charge in [-0.05, 0) is 70.2 Å². The van der Waals surface area contributed by atoms with Crippen LogP contribution < -0.4 is 0 Å². The molecule has 5 heteroatoms. The predicted octanol–water partition coefficient (Wildman–Crippen LogP) is 5.88. The maximum atomic E-state index is 5.33. The number of methoxy groups -OCH3 is 1. The summed E-state index contributed by atoms with van der Waals surface area (Å²) in [6.45, 7) is 14.7. The molecule has 4 aromatic rings. The Morgan fingerprint density at radius 2 is 1.65 bits per heavy atom. The molecule has 0 fully saturated rings. The van der Waals surface area contributed by atoms with Crippen molar-refractivity contribution in [2.24, 2.45) is 0 Å². The molecular formula is C26H34N4O. The first-order valence-electron chi connectivity index (χ1n) is 11.3. The van der Waals surface area contributed by atoms with Gasteiger partial charge in [-0.25, -0.2) is 4.98 Å². The fourth-order valence-corrected chi connectivity index (χ4v) is 5.02. The van der Waals surface area contributed by atoms with Crippen molar-refractivity contribution in [1.82, 2.24) is 19.2 Å². The number of benzene rings is 1. The van der Waals surface area contributed by atoms with Crippen molar-refractivity contribution >= 4 is 16.7 Å². The second-order valence-electron chi connectivity index (χ2n) is 8.79. The summed E-state index contributed by atoms with van der Waals surface area (Å²) in [5.74, 6) is 0. The Labute approximate surface area is 185 Å². The zero-order valence-electron chi connectivity index (χ0n) is 20.0. The molecule has 1 aromatic carbocycles. The van der Waals surface area contributed by atoms with E-state index in [9.17, 15) is 0 Å². The van der Waals surface area contributed by atoms with Gasteiger partial charge in [0.25, 0.3) is 0 Å². The fourth-order valence-electron chi connectivity index (χ4n) is 5.02. The molecule has 0 aliphatic rings. The summed E-state index contributed by atoms with van der Waals surface area (Å²) in [7, 11) is 1.77. The van der Waals surface area contributed by atoms with Crippen LogP contribution in [0.5, 0.6) is 0 Å². The third-order valence-corrected chi connectivity index (χ3v) is 6.22. The molecular weight excluding hydrogens is 384 g/mol. The van der Waals surface area contributed by atoms with Gasteiger partial charge in [0.2, 0.25) is 0 Å². The van der Waals surface area contributed by atoms with E-state index in [4.69, 9.17) is 14.8 Å². The number of nitrogens with zero attached hydrogens (tertiary/aromatic N) is 4. The molecule has 0 saturated carbocycles. The molecule has 0 spiro atoms. The summed E-state index contributed by atoms with van der Waals surface area (Å²) >= 11 is 0. The molecule has 0 unspecified atom stereocenters. The van der Waals surface area contributed by atoms with Gasteiger partial charge in [0.05, 0.1) is 17.0 Å². The Bertz CT molecular complexity index is 1240. The van der Waals surface area contributed by atoms with Crippen LogP contribution in [0.3, 0.4) is 0 Å². The van der Waals surface area contributed by atoms with E-state index in [-0.39, 0.29) is 0 Å². The number of hydrogen-bond donors (Lipinski definition) is 0. The summed E-state index contributed by atoms with van der Waals surface area (Å²) in [6, 6.07) is 6.82. The van der Waals surface area contributed by atoms with Crippen LogP contribution in [-0.4, -0.2) is 32.9 Å². The topological polar surface area (TPSA) is 44.4 Å². The summed E-state index contributed by atoms with van der Waals surface area (Å²) in [4.78, 5) is 5.08. The summed E-state index contributed by atoms with van der Waals surface area (Å²) in [5.41, 5.74) is 11.8. The number of hydrogen-bond acceptors (Lipinski definition) is 3. The van der Waals surface area contributed by atoms with E-state index < -0.39 is 0 Å². The van der Waals surface area contributed by atoms with E-state index in [1.165, 1.54) is 33.3 Å². The van der Waals surface area contributed by atoms with E-state index >= 15 is 0 Å². The van der Waals surface area contributed by atoms with Gasteiger partial charge in [-0.1, -0.05) is 31.0 Å². The molecule has 0 atom stereocenters. The van der Waals surface area contributed by atoms with Gasteiger partial charge in [0, 0.05) is 31.3 Å². The first-order valence-corrected chi connectivity index (χ1v) is 11.3. The fraction of sp³-hybridized carbons (Fsp3) is 0.462. The number of aromatic nitrogens is 4. The van der Waals surface area contributed by atoms with Crippen LogP contribution in [0.1, 0.15) is 53.5 Å². The third kappa shape index (κ3) is 3.65. The average molecular weight is 419 g/mol. The second-order valence-corrected chi connectivity index (χ2v) is 8.79. The van der Waals surface area contributed by atoms with Crippen LogP contribution in [0, 0.1) is 34.6 Å². The van der Waals surface area contributed by atoms with Gasteiger partial charge in [-0.3, -0.25) is 0 Å². The van der Waals surface area contributed by atoms with Crippen LogP contribution in [0.25, 0.3) is 27.8 Å². The van der Waals surface area contributed by atoms with E-state index in [0.29, 0.717) is 0 Å².